The van der Waals surface area contributed by atoms with E-state index in [1.807, 2.05) is 12.3 Å². The normalized spacial score (nSPS) is 15.2. The molecule has 1 aromatic heterocycles. The Labute approximate surface area is 60.0 Å². The van der Waals surface area contributed by atoms with E-state index in [0.29, 0.717) is 0 Å². The van der Waals surface area contributed by atoms with Gasteiger partial charge >= 0.3 is 0 Å². The van der Waals surface area contributed by atoms with Gasteiger partial charge < -0.3 is 10.3 Å². The lowest BCUT2D eigenvalue weighted by Crippen LogP contribution is -1.97. The molecule has 2 heterocycles. The predicted molar refractivity (Wildman–Crippen MR) is 42.5 cm³/mol. The Bertz CT molecular complexity index is 271. The molecule has 0 saturated carbocycles. The number of hydrogen-bond acceptors (Lipinski definition) is 1. The second-order valence-electron chi connectivity index (χ2n) is 2.60. The Hall–Kier alpha value is -1.18. The molecule has 2 rings (SSSR count). The van der Waals surface area contributed by atoms with Crippen LogP contribution in [0.15, 0.2) is 18.3 Å². The molecule has 1 aliphatic heterocycles. The number of nitrogen functional groups attached to an aromatic ring is 1. The van der Waals surface area contributed by atoms with Crippen LogP contribution in [0.1, 0.15) is 12.1 Å². The zero-order chi connectivity index (χ0) is 6.97. The molecule has 0 radical (unpaired) electrons. The lowest BCUT2D eigenvalue weighted by molar-refractivity contribution is 0.877. The Balaban J connectivity index is 2.53. The minimum Gasteiger partial charge on any atom is -0.397 e. The first-order valence-corrected chi connectivity index (χ1v) is 3.49. The molecule has 0 unspecified atom stereocenters. The maximum atomic E-state index is 5.60. The molecule has 2 heteroatoms. The summed E-state index contributed by atoms with van der Waals surface area (Å²) < 4.78 is 2.08. The molecule has 10 heavy (non-hydrogen) atoms. The third-order valence-corrected chi connectivity index (χ3v) is 1.79. The van der Waals surface area contributed by atoms with Crippen molar-refractivity contribution in [1.29, 1.82) is 0 Å². The number of aryl methyl sites for hydroxylation is 1. The summed E-state index contributed by atoms with van der Waals surface area (Å²) in [5.41, 5.74) is 7.79. The van der Waals surface area contributed by atoms with Crippen LogP contribution in [0.4, 0.5) is 5.69 Å². The molecule has 0 spiro atoms. The van der Waals surface area contributed by atoms with Crippen LogP contribution in [0.25, 0.3) is 6.20 Å². The number of aromatic nitrogens is 1. The molecule has 0 fully saturated rings. The maximum absolute atomic E-state index is 5.60. The summed E-state index contributed by atoms with van der Waals surface area (Å²) in [6.07, 6.45) is 8.43. The summed E-state index contributed by atoms with van der Waals surface area (Å²) >= 11 is 0. The van der Waals surface area contributed by atoms with E-state index in [-0.39, 0.29) is 0 Å². The van der Waals surface area contributed by atoms with E-state index < -0.39 is 0 Å². The van der Waals surface area contributed by atoms with Gasteiger partial charge in [0.2, 0.25) is 0 Å². The van der Waals surface area contributed by atoms with Gasteiger partial charge in [-0.25, -0.2) is 0 Å². The molecule has 0 bridgehead atoms. The monoisotopic (exact) mass is 134 g/mol. The topological polar surface area (TPSA) is 30.9 Å². The Morgan fingerprint density at radius 3 is 3.20 bits per heavy atom. The first-order valence-electron chi connectivity index (χ1n) is 3.49. The van der Waals surface area contributed by atoms with Crippen molar-refractivity contribution in [2.24, 2.45) is 0 Å². The largest absolute Gasteiger partial charge is 0.397 e. The van der Waals surface area contributed by atoms with Crippen molar-refractivity contribution in [3.05, 3.63) is 24.0 Å². The zero-order valence-corrected chi connectivity index (χ0v) is 5.75. The lowest BCUT2D eigenvalue weighted by Gasteiger charge is -2.06. The molecule has 0 aromatic carbocycles. The molecule has 1 aliphatic rings. The van der Waals surface area contributed by atoms with E-state index in [4.69, 9.17) is 5.73 Å². The number of anilines is 1. The van der Waals surface area contributed by atoms with Crippen molar-refractivity contribution in [3.8, 4) is 0 Å². The van der Waals surface area contributed by atoms with Crippen LogP contribution in [0.2, 0.25) is 0 Å². The van der Waals surface area contributed by atoms with Gasteiger partial charge in [-0.3, -0.25) is 0 Å². The van der Waals surface area contributed by atoms with Gasteiger partial charge in [-0.2, -0.15) is 0 Å². The van der Waals surface area contributed by atoms with Crippen molar-refractivity contribution in [1.82, 2.24) is 4.57 Å². The molecule has 52 valence electrons. The summed E-state index contributed by atoms with van der Waals surface area (Å²) in [5.74, 6) is 0. The zero-order valence-electron chi connectivity index (χ0n) is 5.75. The fraction of sp³-hybridized carbons (Fsp3) is 0.250. The minimum atomic E-state index is 0.863. The third kappa shape index (κ3) is 0.727. The highest BCUT2D eigenvalue weighted by atomic mass is 15.0. The highest BCUT2D eigenvalue weighted by Crippen LogP contribution is 2.16. The van der Waals surface area contributed by atoms with Gasteiger partial charge in [0.15, 0.2) is 0 Å². The number of fused-ring (bicyclic) bond motifs is 1. The predicted octanol–water partition coefficient (Wildman–Crippen LogP) is 1.49. The van der Waals surface area contributed by atoms with Crippen LogP contribution in [0.5, 0.6) is 0 Å². The Morgan fingerprint density at radius 1 is 1.50 bits per heavy atom. The van der Waals surface area contributed by atoms with Crippen LogP contribution >= 0.6 is 0 Å². The second kappa shape index (κ2) is 1.90. The van der Waals surface area contributed by atoms with Crippen molar-refractivity contribution in [2.75, 3.05) is 5.73 Å². The molecule has 2 N–H and O–H groups in total. The quantitative estimate of drug-likeness (QED) is 0.572. The second-order valence-corrected chi connectivity index (χ2v) is 2.60. The van der Waals surface area contributed by atoms with Crippen LogP contribution in [0, 0.1) is 0 Å². The van der Waals surface area contributed by atoms with Gasteiger partial charge in [0.25, 0.3) is 0 Å². The van der Waals surface area contributed by atoms with Crippen molar-refractivity contribution in [3.63, 3.8) is 0 Å². The Morgan fingerprint density at radius 2 is 2.40 bits per heavy atom. The molecular formula is C8H10N2. The first kappa shape index (κ1) is 5.59. The molecule has 0 amide bonds. The third-order valence-electron chi connectivity index (χ3n) is 1.79. The molecule has 2 nitrogen and oxygen atoms in total. The fourth-order valence-electron chi connectivity index (χ4n) is 1.31. The summed E-state index contributed by atoms with van der Waals surface area (Å²) in [6.45, 7) is 0. The maximum Gasteiger partial charge on any atom is 0.0500 e. The average Bonchev–Trinajstić information content (AvgIpc) is 2.27. The minimum absolute atomic E-state index is 0.863. The van der Waals surface area contributed by atoms with Crippen LogP contribution < -0.4 is 5.73 Å². The van der Waals surface area contributed by atoms with E-state index in [0.717, 1.165) is 18.5 Å². The van der Waals surface area contributed by atoms with E-state index in [1.165, 1.54) is 5.69 Å². The van der Waals surface area contributed by atoms with Crippen LogP contribution in [-0.4, -0.2) is 4.57 Å². The number of rotatable bonds is 0. The highest BCUT2D eigenvalue weighted by Gasteiger charge is 2.03. The molecule has 1 aromatic rings. The molecule has 0 saturated heterocycles. The van der Waals surface area contributed by atoms with Crippen molar-refractivity contribution in [2.45, 2.75) is 12.8 Å². The summed E-state index contributed by atoms with van der Waals surface area (Å²) in [7, 11) is 0. The Kier molecular flexibility index (Phi) is 1.07. The fourth-order valence-corrected chi connectivity index (χ4v) is 1.31. The molecule has 0 aliphatic carbocycles. The highest BCUT2D eigenvalue weighted by molar-refractivity contribution is 5.45. The van der Waals surface area contributed by atoms with Gasteiger partial charge in [0, 0.05) is 18.1 Å². The SMILES string of the molecule is Nc1cc2n(c1)C=CCC2. The van der Waals surface area contributed by atoms with Crippen LogP contribution in [-0.2, 0) is 6.42 Å². The number of hydrogen-bond donors (Lipinski definition) is 1. The molecular weight excluding hydrogens is 124 g/mol. The van der Waals surface area contributed by atoms with Crippen molar-refractivity contribution >= 4 is 11.9 Å². The van der Waals surface area contributed by atoms with E-state index in [9.17, 15) is 0 Å². The lowest BCUT2D eigenvalue weighted by atomic mass is 10.2. The number of allylic oxidation sites excluding steroid dienone is 1. The average molecular weight is 134 g/mol. The van der Waals surface area contributed by atoms with Crippen LogP contribution in [0.3, 0.4) is 0 Å². The van der Waals surface area contributed by atoms with Gasteiger partial charge in [0.1, 0.15) is 0 Å². The number of nitrogens with zero attached hydrogens (tertiary/aromatic N) is 1. The standard InChI is InChI=1S/C8H10N2/c9-7-5-8-3-1-2-4-10(8)6-7/h2,4-6H,1,3,9H2. The molecule has 0 atom stereocenters. The van der Waals surface area contributed by atoms with E-state index in [1.54, 1.807) is 0 Å². The summed E-state index contributed by atoms with van der Waals surface area (Å²) in [5, 5.41) is 0. The van der Waals surface area contributed by atoms with Gasteiger partial charge in [-0.05, 0) is 18.9 Å². The number of nitrogens with two attached hydrogens (primary N) is 1. The van der Waals surface area contributed by atoms with Gasteiger partial charge in [0.05, 0.1) is 5.69 Å². The van der Waals surface area contributed by atoms with E-state index in [2.05, 4.69) is 16.8 Å². The smallest absolute Gasteiger partial charge is 0.0500 e. The van der Waals surface area contributed by atoms with Gasteiger partial charge in [-0.15, -0.1) is 0 Å². The first-order chi connectivity index (χ1) is 4.86. The summed E-state index contributed by atoms with van der Waals surface area (Å²) in [4.78, 5) is 0. The van der Waals surface area contributed by atoms with Gasteiger partial charge in [-0.1, -0.05) is 6.08 Å². The van der Waals surface area contributed by atoms with E-state index >= 15 is 0 Å². The van der Waals surface area contributed by atoms with Crippen molar-refractivity contribution < 1.29 is 0 Å². The summed E-state index contributed by atoms with van der Waals surface area (Å²) in [6, 6.07) is 2.03.